The lowest BCUT2D eigenvalue weighted by atomic mass is 9.94. The molecule has 1 aliphatic rings. The van der Waals surface area contributed by atoms with E-state index in [-0.39, 0.29) is 0 Å². The number of hydrogen-bond donors (Lipinski definition) is 2. The van der Waals surface area contributed by atoms with Gasteiger partial charge in [-0.3, -0.25) is 5.10 Å². The van der Waals surface area contributed by atoms with Crippen LogP contribution in [0, 0.1) is 5.92 Å². The van der Waals surface area contributed by atoms with Crippen molar-refractivity contribution in [2.24, 2.45) is 5.92 Å². The zero-order valence-corrected chi connectivity index (χ0v) is 9.58. The number of nitrogens with zero attached hydrogens (tertiary/aromatic N) is 2. The molecule has 84 valence electrons. The Labute approximate surface area is 90.9 Å². The van der Waals surface area contributed by atoms with Gasteiger partial charge in [0.2, 0.25) is 0 Å². The SMILES string of the molecule is CC(C)c1n[nH]c(CC2CCNCC2)n1. The Morgan fingerprint density at radius 2 is 2.07 bits per heavy atom. The number of aromatic nitrogens is 3. The Bertz CT molecular complexity index is 299. The summed E-state index contributed by atoms with van der Waals surface area (Å²) in [6.45, 7) is 6.54. The van der Waals surface area contributed by atoms with Gasteiger partial charge in [-0.2, -0.15) is 5.10 Å². The third-order valence-corrected chi connectivity index (χ3v) is 3.01. The fourth-order valence-corrected chi connectivity index (χ4v) is 2.02. The summed E-state index contributed by atoms with van der Waals surface area (Å²) in [5.41, 5.74) is 0. The quantitative estimate of drug-likeness (QED) is 0.791. The second-order valence-corrected chi connectivity index (χ2v) is 4.69. The molecule has 0 amide bonds. The van der Waals surface area contributed by atoms with E-state index in [1.54, 1.807) is 0 Å². The van der Waals surface area contributed by atoms with Gasteiger partial charge >= 0.3 is 0 Å². The summed E-state index contributed by atoms with van der Waals surface area (Å²) in [5.74, 6) is 3.20. The first-order chi connectivity index (χ1) is 7.25. The van der Waals surface area contributed by atoms with Crippen molar-refractivity contribution in [3.63, 3.8) is 0 Å². The fourth-order valence-electron chi connectivity index (χ4n) is 2.02. The molecule has 0 aliphatic carbocycles. The highest BCUT2D eigenvalue weighted by Gasteiger charge is 2.16. The normalized spacial score (nSPS) is 18.6. The van der Waals surface area contributed by atoms with Crippen LogP contribution in [0.15, 0.2) is 0 Å². The summed E-state index contributed by atoms with van der Waals surface area (Å²) in [6, 6.07) is 0. The van der Waals surface area contributed by atoms with Gasteiger partial charge in [0.1, 0.15) is 5.82 Å². The minimum atomic E-state index is 0.419. The molecule has 15 heavy (non-hydrogen) atoms. The number of aromatic amines is 1. The molecule has 4 nitrogen and oxygen atoms in total. The van der Waals surface area contributed by atoms with Crippen molar-refractivity contribution in [3.05, 3.63) is 11.6 Å². The second kappa shape index (κ2) is 4.75. The highest BCUT2D eigenvalue weighted by Crippen LogP contribution is 2.17. The van der Waals surface area contributed by atoms with E-state index in [0.29, 0.717) is 5.92 Å². The molecular formula is C11H20N4. The number of H-pyrrole nitrogens is 1. The third kappa shape index (κ3) is 2.78. The minimum absolute atomic E-state index is 0.419. The maximum atomic E-state index is 4.52. The van der Waals surface area contributed by atoms with E-state index in [1.807, 2.05) is 0 Å². The lowest BCUT2D eigenvalue weighted by molar-refractivity contribution is 0.367. The standard InChI is InChI=1S/C11H20N4/c1-8(2)11-13-10(14-15-11)7-9-3-5-12-6-4-9/h8-9,12H,3-7H2,1-2H3,(H,13,14,15). The third-order valence-electron chi connectivity index (χ3n) is 3.01. The van der Waals surface area contributed by atoms with Crippen molar-refractivity contribution >= 4 is 0 Å². The van der Waals surface area contributed by atoms with E-state index < -0.39 is 0 Å². The van der Waals surface area contributed by atoms with E-state index >= 15 is 0 Å². The molecule has 0 radical (unpaired) electrons. The van der Waals surface area contributed by atoms with Gasteiger partial charge < -0.3 is 5.32 Å². The molecule has 1 aliphatic heterocycles. The van der Waals surface area contributed by atoms with Gasteiger partial charge in [-0.1, -0.05) is 13.8 Å². The molecule has 0 atom stereocenters. The number of rotatable bonds is 3. The summed E-state index contributed by atoms with van der Waals surface area (Å²) in [7, 11) is 0. The Balaban J connectivity index is 1.91. The lowest BCUT2D eigenvalue weighted by Crippen LogP contribution is -2.28. The molecule has 0 bridgehead atoms. The number of nitrogens with one attached hydrogen (secondary N) is 2. The first-order valence-electron chi connectivity index (χ1n) is 5.87. The Morgan fingerprint density at radius 1 is 1.33 bits per heavy atom. The Kier molecular flexibility index (Phi) is 3.36. The van der Waals surface area contributed by atoms with Gasteiger partial charge in [0.05, 0.1) is 0 Å². The van der Waals surface area contributed by atoms with Crippen LogP contribution in [0.4, 0.5) is 0 Å². The van der Waals surface area contributed by atoms with Crippen LogP contribution in [0.25, 0.3) is 0 Å². The van der Waals surface area contributed by atoms with Crippen LogP contribution in [0.2, 0.25) is 0 Å². The van der Waals surface area contributed by atoms with Crippen LogP contribution in [0.5, 0.6) is 0 Å². The van der Waals surface area contributed by atoms with Crippen LogP contribution in [-0.2, 0) is 6.42 Å². The van der Waals surface area contributed by atoms with E-state index in [0.717, 1.165) is 37.1 Å². The Hall–Kier alpha value is -0.900. The summed E-state index contributed by atoms with van der Waals surface area (Å²) >= 11 is 0. The highest BCUT2D eigenvalue weighted by molar-refractivity contribution is 4.96. The van der Waals surface area contributed by atoms with E-state index in [2.05, 4.69) is 34.3 Å². The van der Waals surface area contributed by atoms with Gasteiger partial charge in [-0.05, 0) is 31.8 Å². The van der Waals surface area contributed by atoms with Crippen LogP contribution in [-0.4, -0.2) is 28.3 Å². The molecular weight excluding hydrogens is 188 g/mol. The predicted molar refractivity (Wildman–Crippen MR) is 59.8 cm³/mol. The van der Waals surface area contributed by atoms with Crippen LogP contribution in [0.1, 0.15) is 44.3 Å². The monoisotopic (exact) mass is 208 g/mol. The Morgan fingerprint density at radius 3 is 2.67 bits per heavy atom. The smallest absolute Gasteiger partial charge is 0.153 e. The topological polar surface area (TPSA) is 53.6 Å². The van der Waals surface area contributed by atoms with E-state index in [9.17, 15) is 0 Å². The van der Waals surface area contributed by atoms with Crippen LogP contribution >= 0.6 is 0 Å². The maximum Gasteiger partial charge on any atom is 0.153 e. The van der Waals surface area contributed by atoms with Crippen LogP contribution in [0.3, 0.4) is 0 Å². The van der Waals surface area contributed by atoms with Crippen molar-refractivity contribution in [2.45, 2.75) is 39.0 Å². The van der Waals surface area contributed by atoms with Gasteiger partial charge in [0, 0.05) is 12.3 Å². The lowest BCUT2D eigenvalue weighted by Gasteiger charge is -2.21. The van der Waals surface area contributed by atoms with E-state index in [1.165, 1.54) is 12.8 Å². The maximum absolute atomic E-state index is 4.52. The number of piperidine rings is 1. The van der Waals surface area contributed by atoms with Crippen molar-refractivity contribution < 1.29 is 0 Å². The zero-order valence-electron chi connectivity index (χ0n) is 9.58. The summed E-state index contributed by atoms with van der Waals surface area (Å²) in [6.07, 6.45) is 3.58. The van der Waals surface area contributed by atoms with Crippen molar-refractivity contribution in [1.29, 1.82) is 0 Å². The van der Waals surface area contributed by atoms with Gasteiger partial charge in [-0.25, -0.2) is 4.98 Å². The molecule has 1 aromatic heterocycles. The molecule has 0 aromatic carbocycles. The molecule has 1 aromatic rings. The van der Waals surface area contributed by atoms with Crippen molar-refractivity contribution in [1.82, 2.24) is 20.5 Å². The summed E-state index contributed by atoms with van der Waals surface area (Å²) in [4.78, 5) is 4.52. The molecule has 1 fully saturated rings. The number of hydrogen-bond acceptors (Lipinski definition) is 3. The predicted octanol–water partition coefficient (Wildman–Crippen LogP) is 1.47. The largest absolute Gasteiger partial charge is 0.317 e. The van der Waals surface area contributed by atoms with Gasteiger partial charge in [-0.15, -0.1) is 0 Å². The summed E-state index contributed by atoms with van der Waals surface area (Å²) in [5, 5.41) is 10.7. The molecule has 0 unspecified atom stereocenters. The molecule has 0 spiro atoms. The molecule has 1 saturated heterocycles. The highest BCUT2D eigenvalue weighted by atomic mass is 15.2. The van der Waals surface area contributed by atoms with E-state index in [4.69, 9.17) is 0 Å². The molecule has 2 heterocycles. The minimum Gasteiger partial charge on any atom is -0.317 e. The van der Waals surface area contributed by atoms with Crippen molar-refractivity contribution in [3.8, 4) is 0 Å². The van der Waals surface area contributed by atoms with Gasteiger partial charge in [0.25, 0.3) is 0 Å². The van der Waals surface area contributed by atoms with Crippen LogP contribution < -0.4 is 5.32 Å². The van der Waals surface area contributed by atoms with Crippen molar-refractivity contribution in [2.75, 3.05) is 13.1 Å². The zero-order chi connectivity index (χ0) is 10.7. The molecule has 4 heteroatoms. The summed E-state index contributed by atoms with van der Waals surface area (Å²) < 4.78 is 0. The second-order valence-electron chi connectivity index (χ2n) is 4.69. The molecule has 2 N–H and O–H groups in total. The first kappa shape index (κ1) is 10.6. The van der Waals surface area contributed by atoms with Gasteiger partial charge in [0.15, 0.2) is 5.82 Å². The molecule has 2 rings (SSSR count). The average molecular weight is 208 g/mol. The molecule has 0 saturated carbocycles. The average Bonchev–Trinajstić information content (AvgIpc) is 2.68. The first-order valence-corrected chi connectivity index (χ1v) is 5.87. The fraction of sp³-hybridized carbons (Fsp3) is 0.818.